The Morgan fingerprint density at radius 2 is 2.04 bits per heavy atom. The first-order chi connectivity index (χ1) is 12.0. The summed E-state index contributed by atoms with van der Waals surface area (Å²) >= 11 is 1.44. The zero-order valence-corrected chi connectivity index (χ0v) is 15.0. The number of anilines is 1. The summed E-state index contributed by atoms with van der Waals surface area (Å²) in [4.78, 5) is 26.0. The average molecular weight is 361 g/mol. The van der Waals surface area contributed by atoms with Gasteiger partial charge in [0, 0.05) is 10.4 Å². The van der Waals surface area contributed by atoms with Crippen LogP contribution in [0.5, 0.6) is 0 Å². The molecule has 132 valence electrons. The minimum absolute atomic E-state index is 0.283. The van der Waals surface area contributed by atoms with Gasteiger partial charge in [-0.2, -0.15) is 0 Å². The number of amides is 1. The summed E-state index contributed by atoms with van der Waals surface area (Å²) in [7, 11) is 0. The lowest BCUT2D eigenvalue weighted by atomic mass is 9.88. The number of esters is 1. The minimum Gasteiger partial charge on any atom is -0.462 e. The number of rotatable bonds is 4. The molecule has 25 heavy (non-hydrogen) atoms. The van der Waals surface area contributed by atoms with E-state index in [-0.39, 0.29) is 12.5 Å². The molecular formula is C19H20FNO3S. The average Bonchev–Trinajstić information content (AvgIpc) is 2.92. The van der Waals surface area contributed by atoms with Crippen molar-refractivity contribution in [2.45, 2.75) is 33.1 Å². The van der Waals surface area contributed by atoms with Crippen LogP contribution in [-0.4, -0.2) is 18.5 Å². The van der Waals surface area contributed by atoms with E-state index in [1.807, 2.05) is 0 Å². The van der Waals surface area contributed by atoms with Crippen molar-refractivity contribution in [3.63, 3.8) is 0 Å². The van der Waals surface area contributed by atoms with Crippen LogP contribution >= 0.6 is 11.3 Å². The number of hydrogen-bond donors (Lipinski definition) is 1. The van der Waals surface area contributed by atoms with Crippen LogP contribution in [-0.2, 0) is 17.6 Å². The van der Waals surface area contributed by atoms with Crippen LogP contribution in [0.15, 0.2) is 24.3 Å². The first-order valence-electron chi connectivity index (χ1n) is 8.38. The summed E-state index contributed by atoms with van der Waals surface area (Å²) in [5.74, 6) is -0.604. The van der Waals surface area contributed by atoms with E-state index in [2.05, 4.69) is 12.2 Å². The van der Waals surface area contributed by atoms with Gasteiger partial charge >= 0.3 is 5.97 Å². The molecule has 6 heteroatoms. The van der Waals surface area contributed by atoms with Gasteiger partial charge in [0.25, 0.3) is 5.91 Å². The highest BCUT2D eigenvalue weighted by atomic mass is 32.1. The lowest BCUT2D eigenvalue weighted by Gasteiger charge is -2.18. The van der Waals surface area contributed by atoms with Crippen LogP contribution in [0, 0.1) is 11.7 Å². The third kappa shape index (κ3) is 3.74. The molecule has 0 radical (unpaired) electrons. The van der Waals surface area contributed by atoms with Gasteiger partial charge in [-0.15, -0.1) is 11.3 Å². The predicted molar refractivity (Wildman–Crippen MR) is 95.8 cm³/mol. The van der Waals surface area contributed by atoms with Crippen LogP contribution in [0.4, 0.5) is 9.39 Å². The van der Waals surface area contributed by atoms with Gasteiger partial charge < -0.3 is 10.1 Å². The van der Waals surface area contributed by atoms with E-state index in [9.17, 15) is 14.0 Å². The summed E-state index contributed by atoms with van der Waals surface area (Å²) in [6.45, 7) is 4.23. The zero-order valence-electron chi connectivity index (χ0n) is 14.2. The Balaban J connectivity index is 1.93. The van der Waals surface area contributed by atoms with Crippen LogP contribution < -0.4 is 5.32 Å². The normalized spacial score (nSPS) is 16.2. The molecule has 2 aromatic rings. The molecule has 0 saturated heterocycles. The lowest BCUT2D eigenvalue weighted by Crippen LogP contribution is -2.16. The van der Waals surface area contributed by atoms with Gasteiger partial charge in [-0.05, 0) is 61.9 Å². The van der Waals surface area contributed by atoms with Crippen LogP contribution in [0.2, 0.25) is 0 Å². The molecule has 1 aromatic heterocycles. The Morgan fingerprint density at radius 1 is 1.32 bits per heavy atom. The fourth-order valence-electron chi connectivity index (χ4n) is 3.03. The predicted octanol–water partition coefficient (Wildman–Crippen LogP) is 4.44. The Labute approximate surface area is 150 Å². The maximum atomic E-state index is 13.0. The van der Waals surface area contributed by atoms with Crippen LogP contribution in [0.25, 0.3) is 0 Å². The molecule has 0 bridgehead atoms. The van der Waals surface area contributed by atoms with Gasteiger partial charge in [-0.25, -0.2) is 9.18 Å². The first-order valence-corrected chi connectivity index (χ1v) is 9.19. The lowest BCUT2D eigenvalue weighted by molar-refractivity contribution is 0.0526. The molecule has 1 amide bonds. The van der Waals surface area contributed by atoms with Crippen molar-refractivity contribution in [2.75, 3.05) is 11.9 Å². The van der Waals surface area contributed by atoms with Crippen molar-refractivity contribution in [3.05, 3.63) is 51.7 Å². The molecule has 0 spiro atoms. The summed E-state index contributed by atoms with van der Waals surface area (Å²) in [6, 6.07) is 5.32. The number of fused-ring (bicyclic) bond motifs is 1. The Hall–Kier alpha value is -2.21. The van der Waals surface area contributed by atoms with E-state index in [0.29, 0.717) is 22.0 Å². The Kier molecular flexibility index (Phi) is 5.18. The molecule has 1 aliphatic carbocycles. The van der Waals surface area contributed by atoms with Crippen molar-refractivity contribution in [1.82, 2.24) is 0 Å². The maximum Gasteiger partial charge on any atom is 0.341 e. The van der Waals surface area contributed by atoms with Gasteiger partial charge in [0.05, 0.1) is 12.2 Å². The first kappa shape index (κ1) is 17.6. The third-order valence-electron chi connectivity index (χ3n) is 4.32. The smallest absolute Gasteiger partial charge is 0.341 e. The number of nitrogens with one attached hydrogen (secondary N) is 1. The molecule has 0 saturated carbocycles. The molecule has 1 atom stereocenters. The molecule has 1 heterocycles. The maximum absolute atomic E-state index is 13.0. The number of ether oxygens (including phenoxy) is 1. The second-order valence-corrected chi connectivity index (χ2v) is 7.34. The fourth-order valence-corrected chi connectivity index (χ4v) is 4.43. The highest BCUT2D eigenvalue weighted by Crippen LogP contribution is 2.40. The molecule has 0 aliphatic heterocycles. The number of carbonyl (C=O) groups is 2. The second kappa shape index (κ2) is 7.35. The van der Waals surface area contributed by atoms with Crippen LogP contribution in [0.3, 0.4) is 0 Å². The molecule has 1 aliphatic rings. The second-order valence-electron chi connectivity index (χ2n) is 6.24. The quantitative estimate of drug-likeness (QED) is 0.819. The number of thiophene rings is 1. The Bertz CT molecular complexity index is 798. The van der Waals surface area contributed by atoms with Crippen molar-refractivity contribution in [1.29, 1.82) is 0 Å². The van der Waals surface area contributed by atoms with Crippen molar-refractivity contribution in [3.8, 4) is 0 Å². The summed E-state index contributed by atoms with van der Waals surface area (Å²) in [5, 5.41) is 3.33. The van der Waals surface area contributed by atoms with Gasteiger partial charge in [-0.1, -0.05) is 6.92 Å². The van der Waals surface area contributed by atoms with E-state index >= 15 is 0 Å². The van der Waals surface area contributed by atoms with Gasteiger partial charge in [0.2, 0.25) is 0 Å². The standard InChI is InChI=1S/C19H20FNO3S/c1-3-24-19(23)16-14-9-4-11(2)10-15(14)25-18(16)21-17(22)12-5-7-13(20)8-6-12/h5-8,11H,3-4,9-10H2,1-2H3,(H,21,22)/t11-/m1/s1. The largest absolute Gasteiger partial charge is 0.462 e. The molecule has 3 rings (SSSR count). The SMILES string of the molecule is CCOC(=O)c1c(NC(=O)c2ccc(F)cc2)sc2c1CC[C@@H](C)C2. The Morgan fingerprint density at radius 3 is 2.72 bits per heavy atom. The van der Waals surface area contributed by atoms with Gasteiger partial charge in [0.15, 0.2) is 0 Å². The monoisotopic (exact) mass is 361 g/mol. The summed E-state index contributed by atoms with van der Waals surface area (Å²) in [5.41, 5.74) is 1.82. The molecule has 4 nitrogen and oxygen atoms in total. The molecular weight excluding hydrogens is 341 g/mol. The summed E-state index contributed by atoms with van der Waals surface area (Å²) in [6.07, 6.45) is 2.73. The third-order valence-corrected chi connectivity index (χ3v) is 5.49. The molecule has 1 N–H and O–H groups in total. The van der Waals surface area contributed by atoms with E-state index in [0.717, 1.165) is 29.7 Å². The number of halogens is 1. The van der Waals surface area contributed by atoms with Crippen LogP contribution in [0.1, 0.15) is 51.4 Å². The molecule has 1 aromatic carbocycles. The van der Waals surface area contributed by atoms with E-state index in [4.69, 9.17) is 4.74 Å². The highest BCUT2D eigenvalue weighted by Gasteiger charge is 2.29. The number of benzene rings is 1. The number of hydrogen-bond acceptors (Lipinski definition) is 4. The summed E-state index contributed by atoms with van der Waals surface area (Å²) < 4.78 is 18.2. The van der Waals surface area contributed by atoms with Crippen molar-refractivity contribution < 1.29 is 18.7 Å². The molecule has 0 unspecified atom stereocenters. The highest BCUT2D eigenvalue weighted by molar-refractivity contribution is 7.17. The number of carbonyl (C=O) groups excluding carboxylic acids is 2. The zero-order chi connectivity index (χ0) is 18.0. The fraction of sp³-hybridized carbons (Fsp3) is 0.368. The topological polar surface area (TPSA) is 55.4 Å². The van der Waals surface area contributed by atoms with Gasteiger partial charge in [-0.3, -0.25) is 4.79 Å². The van der Waals surface area contributed by atoms with E-state index < -0.39 is 11.8 Å². The van der Waals surface area contributed by atoms with E-state index in [1.165, 1.54) is 35.6 Å². The molecule has 0 fully saturated rings. The van der Waals surface area contributed by atoms with Crippen molar-refractivity contribution >= 4 is 28.2 Å². The van der Waals surface area contributed by atoms with Crippen molar-refractivity contribution in [2.24, 2.45) is 5.92 Å². The van der Waals surface area contributed by atoms with Gasteiger partial charge in [0.1, 0.15) is 10.8 Å². The van der Waals surface area contributed by atoms with E-state index in [1.54, 1.807) is 6.92 Å². The minimum atomic E-state index is -0.399.